The Labute approximate surface area is 129 Å². The van der Waals surface area contributed by atoms with E-state index in [9.17, 15) is 5.26 Å². The summed E-state index contributed by atoms with van der Waals surface area (Å²) in [5.74, 6) is 2.35. The van der Waals surface area contributed by atoms with Gasteiger partial charge in [0, 0.05) is 11.8 Å². The third kappa shape index (κ3) is 3.12. The summed E-state index contributed by atoms with van der Waals surface area (Å²) in [6.07, 6.45) is 1.64. The number of rotatable bonds is 5. The summed E-state index contributed by atoms with van der Waals surface area (Å²) in [6, 6.07) is 7.63. The van der Waals surface area contributed by atoms with Gasteiger partial charge in [-0.05, 0) is 44.5 Å². The van der Waals surface area contributed by atoms with Crippen LogP contribution < -0.4 is 9.47 Å². The SMILES string of the molecule is CCOc1cc(C=Nc2oc(C)c(C)c2C#N)ccc1OC. The lowest BCUT2D eigenvalue weighted by Gasteiger charge is -2.09. The van der Waals surface area contributed by atoms with Crippen LogP contribution in [0.15, 0.2) is 27.6 Å². The number of hydrogen-bond donors (Lipinski definition) is 0. The molecule has 0 radical (unpaired) electrons. The molecule has 0 bridgehead atoms. The molecule has 22 heavy (non-hydrogen) atoms. The molecular weight excluding hydrogens is 280 g/mol. The normalized spacial score (nSPS) is 10.7. The van der Waals surface area contributed by atoms with E-state index in [1.54, 1.807) is 13.3 Å². The zero-order valence-electron chi connectivity index (χ0n) is 13.1. The number of methoxy groups -OCH3 is 1. The lowest BCUT2D eigenvalue weighted by atomic mass is 10.2. The van der Waals surface area contributed by atoms with Crippen molar-refractivity contribution in [2.75, 3.05) is 13.7 Å². The van der Waals surface area contributed by atoms with E-state index in [1.165, 1.54) is 0 Å². The van der Waals surface area contributed by atoms with E-state index in [0.717, 1.165) is 11.1 Å². The summed E-state index contributed by atoms with van der Waals surface area (Å²) in [5.41, 5.74) is 2.12. The number of hydrogen-bond acceptors (Lipinski definition) is 5. The van der Waals surface area contributed by atoms with Crippen molar-refractivity contribution < 1.29 is 13.9 Å². The molecule has 0 atom stereocenters. The number of ether oxygens (including phenoxy) is 2. The zero-order chi connectivity index (χ0) is 16.1. The van der Waals surface area contributed by atoms with Gasteiger partial charge < -0.3 is 13.9 Å². The highest BCUT2D eigenvalue weighted by atomic mass is 16.5. The zero-order valence-corrected chi connectivity index (χ0v) is 13.1. The summed E-state index contributed by atoms with van der Waals surface area (Å²) in [4.78, 5) is 4.28. The summed E-state index contributed by atoms with van der Waals surface area (Å²) in [6.45, 7) is 6.12. The van der Waals surface area contributed by atoms with Crippen LogP contribution in [0.4, 0.5) is 5.88 Å². The molecule has 5 heteroatoms. The van der Waals surface area contributed by atoms with Gasteiger partial charge in [-0.1, -0.05) is 0 Å². The summed E-state index contributed by atoms with van der Waals surface area (Å²) < 4.78 is 16.3. The van der Waals surface area contributed by atoms with Crippen molar-refractivity contribution in [2.24, 2.45) is 4.99 Å². The van der Waals surface area contributed by atoms with Crippen molar-refractivity contribution in [3.63, 3.8) is 0 Å². The lowest BCUT2D eigenvalue weighted by Crippen LogP contribution is -1.96. The molecule has 5 nitrogen and oxygen atoms in total. The standard InChI is InChI=1S/C17H18N2O3/c1-5-21-16-8-13(6-7-15(16)20-4)10-19-17-14(9-18)11(2)12(3)22-17/h6-8,10H,5H2,1-4H3. The van der Waals surface area contributed by atoms with E-state index in [2.05, 4.69) is 11.1 Å². The van der Waals surface area contributed by atoms with Gasteiger partial charge in [-0.15, -0.1) is 0 Å². The minimum atomic E-state index is 0.325. The fourth-order valence-electron chi connectivity index (χ4n) is 2.01. The van der Waals surface area contributed by atoms with Gasteiger partial charge in [0.05, 0.1) is 13.7 Å². The molecule has 0 aliphatic rings. The minimum absolute atomic E-state index is 0.325. The number of nitriles is 1. The molecule has 0 N–H and O–H groups in total. The molecular formula is C17H18N2O3. The molecule has 1 aromatic carbocycles. The Morgan fingerprint density at radius 1 is 1.32 bits per heavy atom. The monoisotopic (exact) mass is 298 g/mol. The second-order valence-electron chi connectivity index (χ2n) is 4.68. The third-order valence-electron chi connectivity index (χ3n) is 3.30. The maximum absolute atomic E-state index is 9.17. The first-order valence-electron chi connectivity index (χ1n) is 6.95. The topological polar surface area (TPSA) is 67.8 Å². The van der Waals surface area contributed by atoms with Crippen LogP contribution in [0.3, 0.4) is 0 Å². The Balaban J connectivity index is 2.33. The van der Waals surface area contributed by atoms with Crippen molar-refractivity contribution in [2.45, 2.75) is 20.8 Å². The van der Waals surface area contributed by atoms with Gasteiger partial charge in [-0.3, -0.25) is 0 Å². The minimum Gasteiger partial charge on any atom is -0.493 e. The van der Waals surface area contributed by atoms with Crippen LogP contribution >= 0.6 is 0 Å². The molecule has 0 fully saturated rings. The number of aliphatic imine (C=N–C) groups is 1. The number of aryl methyl sites for hydroxylation is 1. The van der Waals surface area contributed by atoms with E-state index >= 15 is 0 Å². The van der Waals surface area contributed by atoms with Crippen molar-refractivity contribution >= 4 is 12.1 Å². The number of benzene rings is 1. The number of furan rings is 1. The predicted molar refractivity (Wildman–Crippen MR) is 84.3 cm³/mol. The average Bonchev–Trinajstić information content (AvgIpc) is 2.80. The maximum Gasteiger partial charge on any atom is 0.237 e. The van der Waals surface area contributed by atoms with Crippen LogP contribution in [0.5, 0.6) is 11.5 Å². The van der Waals surface area contributed by atoms with E-state index in [0.29, 0.717) is 35.3 Å². The van der Waals surface area contributed by atoms with Gasteiger partial charge in [0.2, 0.25) is 5.88 Å². The molecule has 0 spiro atoms. The Kier molecular flexibility index (Phi) is 4.84. The van der Waals surface area contributed by atoms with Crippen LogP contribution in [0.2, 0.25) is 0 Å². The van der Waals surface area contributed by atoms with Crippen LogP contribution in [-0.4, -0.2) is 19.9 Å². The highest BCUT2D eigenvalue weighted by Crippen LogP contribution is 2.29. The van der Waals surface area contributed by atoms with E-state index in [1.807, 2.05) is 39.0 Å². The quantitative estimate of drug-likeness (QED) is 0.784. The maximum atomic E-state index is 9.17. The van der Waals surface area contributed by atoms with Gasteiger partial charge in [-0.25, -0.2) is 4.99 Å². The van der Waals surface area contributed by atoms with E-state index < -0.39 is 0 Å². The van der Waals surface area contributed by atoms with Crippen LogP contribution in [0.25, 0.3) is 0 Å². The molecule has 0 unspecified atom stereocenters. The molecule has 114 valence electrons. The fourth-order valence-corrected chi connectivity index (χ4v) is 2.01. The lowest BCUT2D eigenvalue weighted by molar-refractivity contribution is 0.311. The molecule has 1 heterocycles. The van der Waals surface area contributed by atoms with Gasteiger partial charge in [-0.2, -0.15) is 5.26 Å². The van der Waals surface area contributed by atoms with Gasteiger partial charge in [0.25, 0.3) is 0 Å². The molecule has 0 amide bonds. The molecule has 0 saturated heterocycles. The molecule has 0 aliphatic carbocycles. The summed E-state index contributed by atoms with van der Waals surface area (Å²) >= 11 is 0. The van der Waals surface area contributed by atoms with Crippen LogP contribution in [0, 0.1) is 25.2 Å². The summed E-state index contributed by atoms with van der Waals surface area (Å²) in [7, 11) is 1.60. The van der Waals surface area contributed by atoms with Crippen molar-refractivity contribution in [3.8, 4) is 17.6 Å². The first-order chi connectivity index (χ1) is 10.6. The van der Waals surface area contributed by atoms with Crippen molar-refractivity contribution in [1.29, 1.82) is 5.26 Å². The smallest absolute Gasteiger partial charge is 0.237 e. The molecule has 2 aromatic rings. The van der Waals surface area contributed by atoms with Gasteiger partial charge in [0.15, 0.2) is 11.5 Å². The van der Waals surface area contributed by atoms with Crippen molar-refractivity contribution in [1.82, 2.24) is 0 Å². The highest BCUT2D eigenvalue weighted by Gasteiger charge is 2.13. The van der Waals surface area contributed by atoms with Crippen LogP contribution in [-0.2, 0) is 0 Å². The second-order valence-corrected chi connectivity index (χ2v) is 4.68. The van der Waals surface area contributed by atoms with Crippen LogP contribution in [0.1, 0.15) is 29.4 Å². The largest absolute Gasteiger partial charge is 0.493 e. The molecule has 0 aliphatic heterocycles. The first kappa shape index (κ1) is 15.6. The number of nitrogens with zero attached hydrogens (tertiary/aromatic N) is 2. The Hall–Kier alpha value is -2.74. The third-order valence-corrected chi connectivity index (χ3v) is 3.30. The van der Waals surface area contributed by atoms with Crippen molar-refractivity contribution in [3.05, 3.63) is 40.6 Å². The van der Waals surface area contributed by atoms with Gasteiger partial charge in [0.1, 0.15) is 17.4 Å². The summed E-state index contributed by atoms with van der Waals surface area (Å²) in [5, 5.41) is 9.17. The Bertz CT molecular complexity index is 739. The predicted octanol–water partition coefficient (Wildman–Crippen LogP) is 3.93. The Morgan fingerprint density at radius 3 is 2.73 bits per heavy atom. The molecule has 2 rings (SSSR count). The van der Waals surface area contributed by atoms with E-state index in [4.69, 9.17) is 13.9 Å². The molecule has 0 saturated carbocycles. The average molecular weight is 298 g/mol. The molecule has 1 aromatic heterocycles. The highest BCUT2D eigenvalue weighted by molar-refractivity contribution is 5.83. The van der Waals surface area contributed by atoms with Gasteiger partial charge >= 0.3 is 0 Å². The Morgan fingerprint density at radius 2 is 2.09 bits per heavy atom. The second kappa shape index (κ2) is 6.81. The van der Waals surface area contributed by atoms with E-state index in [-0.39, 0.29) is 0 Å². The first-order valence-corrected chi connectivity index (χ1v) is 6.95. The fraction of sp³-hybridized carbons (Fsp3) is 0.294.